The highest BCUT2D eigenvalue weighted by Crippen LogP contribution is 2.31. The van der Waals surface area contributed by atoms with Gasteiger partial charge < -0.3 is 15.0 Å². The first-order valence-corrected chi connectivity index (χ1v) is 9.30. The van der Waals surface area contributed by atoms with Crippen LogP contribution in [0.4, 0.5) is 0 Å². The summed E-state index contributed by atoms with van der Waals surface area (Å²) in [6, 6.07) is 0. The van der Waals surface area contributed by atoms with Crippen LogP contribution in [0.2, 0.25) is 0 Å². The Kier molecular flexibility index (Phi) is 11.1. The first-order valence-electron chi connectivity index (χ1n) is 9.30. The number of aliphatic carboxylic acids is 1. The molecule has 1 aliphatic rings. The molecule has 4 nitrogen and oxygen atoms in total. The summed E-state index contributed by atoms with van der Waals surface area (Å²) in [6.45, 7) is 0.132. The summed E-state index contributed by atoms with van der Waals surface area (Å²) in [5.41, 5.74) is 1.09. The van der Waals surface area contributed by atoms with Crippen molar-refractivity contribution in [1.29, 1.82) is 0 Å². The SMILES string of the molecule is O=C[C@@H](CCCCCCC/C=C/CCC(=O)O)[C@@H]1C=C(CO)CC1. The number of carboxylic acids is 1. The Morgan fingerprint density at radius 2 is 1.88 bits per heavy atom. The fourth-order valence-electron chi connectivity index (χ4n) is 3.29. The van der Waals surface area contributed by atoms with E-state index >= 15 is 0 Å². The van der Waals surface area contributed by atoms with Gasteiger partial charge in [0.2, 0.25) is 0 Å². The number of hydrogen-bond donors (Lipinski definition) is 2. The summed E-state index contributed by atoms with van der Waals surface area (Å²) in [4.78, 5) is 21.6. The molecule has 1 aliphatic carbocycles. The molecular formula is C20H32O4. The van der Waals surface area contributed by atoms with Crippen LogP contribution >= 0.6 is 0 Å². The molecule has 24 heavy (non-hydrogen) atoms. The number of unbranched alkanes of at least 4 members (excludes halogenated alkanes) is 5. The van der Waals surface area contributed by atoms with E-state index in [-0.39, 0.29) is 18.9 Å². The molecule has 1 rings (SSSR count). The van der Waals surface area contributed by atoms with E-state index in [1.807, 2.05) is 6.08 Å². The van der Waals surface area contributed by atoms with E-state index in [1.165, 1.54) is 12.8 Å². The number of carboxylic acid groups (broad SMARTS) is 1. The first-order chi connectivity index (χ1) is 11.7. The molecule has 0 aromatic rings. The number of aliphatic hydroxyl groups is 1. The third-order valence-electron chi connectivity index (χ3n) is 4.78. The monoisotopic (exact) mass is 336 g/mol. The zero-order chi connectivity index (χ0) is 17.6. The molecule has 0 spiro atoms. The molecule has 0 saturated heterocycles. The van der Waals surface area contributed by atoms with Gasteiger partial charge >= 0.3 is 5.97 Å². The number of carbonyl (C=O) groups excluding carboxylic acids is 1. The molecule has 0 unspecified atom stereocenters. The number of aldehydes is 1. The molecule has 0 radical (unpaired) electrons. The van der Waals surface area contributed by atoms with Crippen LogP contribution in [0.3, 0.4) is 0 Å². The van der Waals surface area contributed by atoms with E-state index in [2.05, 4.69) is 12.2 Å². The minimum absolute atomic E-state index is 0.117. The van der Waals surface area contributed by atoms with Crippen molar-refractivity contribution in [1.82, 2.24) is 0 Å². The number of aliphatic hydroxyl groups excluding tert-OH is 1. The van der Waals surface area contributed by atoms with Gasteiger partial charge in [-0.3, -0.25) is 4.79 Å². The second kappa shape index (κ2) is 12.9. The molecule has 136 valence electrons. The maximum atomic E-state index is 11.3. The van der Waals surface area contributed by atoms with Crippen molar-refractivity contribution in [3.63, 3.8) is 0 Å². The quantitative estimate of drug-likeness (QED) is 0.282. The largest absolute Gasteiger partial charge is 0.481 e. The van der Waals surface area contributed by atoms with E-state index in [0.29, 0.717) is 12.3 Å². The summed E-state index contributed by atoms with van der Waals surface area (Å²) in [7, 11) is 0. The Bertz CT molecular complexity index is 425. The highest BCUT2D eigenvalue weighted by Gasteiger charge is 2.23. The van der Waals surface area contributed by atoms with Gasteiger partial charge in [0.15, 0.2) is 0 Å². The van der Waals surface area contributed by atoms with Gasteiger partial charge in [0.1, 0.15) is 6.29 Å². The van der Waals surface area contributed by atoms with E-state index < -0.39 is 5.97 Å². The van der Waals surface area contributed by atoms with Gasteiger partial charge in [0.05, 0.1) is 6.61 Å². The van der Waals surface area contributed by atoms with Gasteiger partial charge in [-0.1, -0.05) is 43.9 Å². The van der Waals surface area contributed by atoms with Crippen molar-refractivity contribution in [2.75, 3.05) is 6.61 Å². The third-order valence-corrected chi connectivity index (χ3v) is 4.78. The van der Waals surface area contributed by atoms with Crippen LogP contribution in [-0.4, -0.2) is 29.1 Å². The Balaban J connectivity index is 2.00. The second-order valence-corrected chi connectivity index (χ2v) is 6.73. The van der Waals surface area contributed by atoms with E-state index in [0.717, 1.165) is 56.8 Å². The molecule has 0 aromatic heterocycles. The smallest absolute Gasteiger partial charge is 0.303 e. The van der Waals surface area contributed by atoms with Crippen LogP contribution in [-0.2, 0) is 9.59 Å². The lowest BCUT2D eigenvalue weighted by atomic mass is 9.88. The van der Waals surface area contributed by atoms with Crippen molar-refractivity contribution in [3.8, 4) is 0 Å². The third kappa shape index (κ3) is 9.02. The van der Waals surface area contributed by atoms with E-state index in [4.69, 9.17) is 10.2 Å². The average Bonchev–Trinajstić information content (AvgIpc) is 3.04. The maximum absolute atomic E-state index is 11.3. The Morgan fingerprint density at radius 3 is 2.54 bits per heavy atom. The molecular weight excluding hydrogens is 304 g/mol. The normalized spacial score (nSPS) is 18.7. The number of rotatable bonds is 14. The molecule has 0 bridgehead atoms. The molecule has 0 aliphatic heterocycles. The van der Waals surface area contributed by atoms with Crippen molar-refractivity contribution in [2.45, 2.75) is 70.6 Å². The van der Waals surface area contributed by atoms with E-state index in [1.54, 1.807) is 0 Å². The standard InChI is InChI=1S/C20H32O4/c21-15-17-12-13-18(14-17)19(16-22)10-8-6-4-2-1-3-5-7-9-11-20(23)24/h5,7,14,16,18-19,21H,1-4,6,8-13,15H2,(H,23,24)/b7-5+/t18-,19+/m0/s1. The average molecular weight is 336 g/mol. The molecule has 0 heterocycles. The number of allylic oxidation sites excluding steroid dienone is 3. The van der Waals surface area contributed by atoms with Gasteiger partial charge in [-0.25, -0.2) is 0 Å². The summed E-state index contributed by atoms with van der Waals surface area (Å²) < 4.78 is 0. The zero-order valence-electron chi connectivity index (χ0n) is 14.7. The lowest BCUT2D eigenvalue weighted by Gasteiger charge is -2.15. The molecule has 0 fully saturated rings. The fourth-order valence-corrected chi connectivity index (χ4v) is 3.29. The van der Waals surface area contributed by atoms with Crippen LogP contribution in [0.5, 0.6) is 0 Å². The minimum Gasteiger partial charge on any atom is -0.481 e. The van der Waals surface area contributed by atoms with Crippen molar-refractivity contribution < 1.29 is 19.8 Å². The zero-order valence-corrected chi connectivity index (χ0v) is 14.7. The Labute approximate surface area is 145 Å². The van der Waals surface area contributed by atoms with Crippen LogP contribution in [0, 0.1) is 11.8 Å². The van der Waals surface area contributed by atoms with Gasteiger partial charge in [-0.15, -0.1) is 0 Å². The van der Waals surface area contributed by atoms with Crippen molar-refractivity contribution >= 4 is 12.3 Å². The van der Waals surface area contributed by atoms with Crippen molar-refractivity contribution in [3.05, 3.63) is 23.8 Å². The second-order valence-electron chi connectivity index (χ2n) is 6.73. The van der Waals surface area contributed by atoms with Gasteiger partial charge in [0, 0.05) is 12.3 Å². The summed E-state index contributed by atoms with van der Waals surface area (Å²) in [5.74, 6) is -0.291. The van der Waals surface area contributed by atoms with E-state index in [9.17, 15) is 9.59 Å². The lowest BCUT2D eigenvalue weighted by Crippen LogP contribution is -2.12. The summed E-state index contributed by atoms with van der Waals surface area (Å²) in [6.07, 6.45) is 17.8. The Morgan fingerprint density at radius 1 is 1.17 bits per heavy atom. The summed E-state index contributed by atoms with van der Waals surface area (Å²) >= 11 is 0. The van der Waals surface area contributed by atoms with Gasteiger partial charge in [0.25, 0.3) is 0 Å². The number of carbonyl (C=O) groups is 2. The molecule has 4 heteroatoms. The maximum Gasteiger partial charge on any atom is 0.303 e. The predicted octanol–water partition coefficient (Wildman–Crippen LogP) is 4.28. The topological polar surface area (TPSA) is 74.6 Å². The van der Waals surface area contributed by atoms with Gasteiger partial charge in [-0.2, -0.15) is 0 Å². The highest BCUT2D eigenvalue weighted by molar-refractivity contribution is 5.66. The summed E-state index contributed by atoms with van der Waals surface area (Å²) in [5, 5.41) is 17.7. The number of hydrogen-bond acceptors (Lipinski definition) is 3. The molecule has 0 saturated carbocycles. The Hall–Kier alpha value is -1.42. The molecule has 2 atom stereocenters. The van der Waals surface area contributed by atoms with Crippen LogP contribution in [0.25, 0.3) is 0 Å². The van der Waals surface area contributed by atoms with Gasteiger partial charge in [-0.05, 0) is 50.0 Å². The fraction of sp³-hybridized carbons (Fsp3) is 0.700. The molecule has 0 aromatic carbocycles. The highest BCUT2D eigenvalue weighted by atomic mass is 16.4. The first kappa shape index (κ1) is 20.6. The van der Waals surface area contributed by atoms with Crippen molar-refractivity contribution in [2.24, 2.45) is 11.8 Å². The minimum atomic E-state index is -0.742. The molecule has 0 amide bonds. The van der Waals surface area contributed by atoms with Crippen LogP contribution < -0.4 is 0 Å². The predicted molar refractivity (Wildman–Crippen MR) is 95.8 cm³/mol. The van der Waals surface area contributed by atoms with Crippen LogP contribution in [0.1, 0.15) is 70.6 Å². The van der Waals surface area contributed by atoms with Crippen LogP contribution in [0.15, 0.2) is 23.8 Å². The lowest BCUT2D eigenvalue weighted by molar-refractivity contribution is -0.136. The molecule has 2 N–H and O–H groups in total.